The Labute approximate surface area is 121 Å². The highest BCUT2D eigenvalue weighted by Gasteiger charge is 2.33. The first kappa shape index (κ1) is 17.0. The van der Waals surface area contributed by atoms with Crippen LogP contribution in [0.2, 0.25) is 0 Å². The highest BCUT2D eigenvalue weighted by Crippen LogP contribution is 2.43. The average Bonchev–Trinajstić information content (AvgIpc) is 2.45. The van der Waals surface area contributed by atoms with Gasteiger partial charge >= 0.3 is 0 Å². The van der Waals surface area contributed by atoms with Crippen LogP contribution in [0, 0.1) is 11.3 Å². The van der Waals surface area contributed by atoms with Crippen molar-refractivity contribution in [1.29, 1.82) is 0 Å². The van der Waals surface area contributed by atoms with Gasteiger partial charge in [0.15, 0.2) is 0 Å². The van der Waals surface area contributed by atoms with Crippen LogP contribution in [0.5, 0.6) is 0 Å². The molecule has 19 heavy (non-hydrogen) atoms. The SMILES string of the molecule is CCCCCC1(CNCC)CCC(CCCC)CC1. The minimum absolute atomic E-state index is 0.647. The molecule has 1 saturated carbocycles. The van der Waals surface area contributed by atoms with Gasteiger partial charge in [0, 0.05) is 6.54 Å². The number of nitrogens with one attached hydrogen (secondary N) is 1. The van der Waals surface area contributed by atoms with Gasteiger partial charge in [-0.15, -0.1) is 0 Å². The van der Waals surface area contributed by atoms with Gasteiger partial charge in [0.25, 0.3) is 0 Å². The summed E-state index contributed by atoms with van der Waals surface area (Å²) in [7, 11) is 0. The van der Waals surface area contributed by atoms with E-state index in [-0.39, 0.29) is 0 Å². The molecular formula is C18H37N. The van der Waals surface area contributed by atoms with Crippen molar-refractivity contribution >= 4 is 0 Å². The molecule has 1 aliphatic carbocycles. The summed E-state index contributed by atoms with van der Waals surface area (Å²) in [4.78, 5) is 0. The predicted octanol–water partition coefficient (Wildman–Crippen LogP) is 5.54. The maximum Gasteiger partial charge on any atom is 0.000769 e. The van der Waals surface area contributed by atoms with E-state index in [9.17, 15) is 0 Å². The van der Waals surface area contributed by atoms with Crippen molar-refractivity contribution in [2.75, 3.05) is 13.1 Å². The standard InChI is InChI=1S/C18H37N/c1-4-7-9-13-18(16-19-6-3)14-11-17(12-15-18)10-8-5-2/h17,19H,4-16H2,1-3H3. The monoisotopic (exact) mass is 267 g/mol. The Bertz CT molecular complexity index is 204. The first-order valence-electron chi connectivity index (χ1n) is 8.97. The number of hydrogen-bond acceptors (Lipinski definition) is 1. The molecule has 0 aromatic heterocycles. The van der Waals surface area contributed by atoms with Crippen LogP contribution in [-0.4, -0.2) is 13.1 Å². The maximum atomic E-state index is 3.64. The molecule has 1 heteroatoms. The van der Waals surface area contributed by atoms with E-state index in [1.54, 1.807) is 0 Å². The minimum atomic E-state index is 0.647. The zero-order chi connectivity index (χ0) is 14.0. The molecule has 1 nitrogen and oxygen atoms in total. The van der Waals surface area contributed by atoms with Gasteiger partial charge in [0.2, 0.25) is 0 Å². The summed E-state index contributed by atoms with van der Waals surface area (Å²) >= 11 is 0. The minimum Gasteiger partial charge on any atom is -0.316 e. The summed E-state index contributed by atoms with van der Waals surface area (Å²) in [5.74, 6) is 1.04. The van der Waals surface area contributed by atoms with Crippen molar-refractivity contribution in [3.8, 4) is 0 Å². The van der Waals surface area contributed by atoms with Crippen molar-refractivity contribution in [2.24, 2.45) is 11.3 Å². The van der Waals surface area contributed by atoms with Gasteiger partial charge in [-0.3, -0.25) is 0 Å². The molecule has 1 aliphatic rings. The van der Waals surface area contributed by atoms with E-state index >= 15 is 0 Å². The normalized spacial score (nSPS) is 27.6. The summed E-state index contributed by atoms with van der Waals surface area (Å²) in [5.41, 5.74) is 0.647. The summed E-state index contributed by atoms with van der Waals surface area (Å²) in [6, 6.07) is 0. The fourth-order valence-electron chi connectivity index (χ4n) is 3.73. The fourth-order valence-corrected chi connectivity index (χ4v) is 3.73. The van der Waals surface area contributed by atoms with Crippen LogP contribution in [0.15, 0.2) is 0 Å². The third kappa shape index (κ3) is 6.29. The van der Waals surface area contributed by atoms with E-state index in [4.69, 9.17) is 0 Å². The van der Waals surface area contributed by atoms with Crippen LogP contribution >= 0.6 is 0 Å². The van der Waals surface area contributed by atoms with Crippen molar-refractivity contribution in [3.63, 3.8) is 0 Å². The predicted molar refractivity (Wildman–Crippen MR) is 86.6 cm³/mol. The lowest BCUT2D eigenvalue weighted by Gasteiger charge is -2.41. The highest BCUT2D eigenvalue weighted by molar-refractivity contribution is 4.87. The van der Waals surface area contributed by atoms with E-state index in [1.165, 1.54) is 77.2 Å². The molecule has 0 spiro atoms. The van der Waals surface area contributed by atoms with Crippen LogP contribution < -0.4 is 5.32 Å². The lowest BCUT2D eigenvalue weighted by molar-refractivity contribution is 0.125. The molecule has 0 unspecified atom stereocenters. The Kier molecular flexibility index (Phi) is 8.77. The Balaban J connectivity index is 2.39. The summed E-state index contributed by atoms with van der Waals surface area (Å²) in [6.07, 6.45) is 16.0. The molecule has 0 saturated heterocycles. The molecule has 0 amide bonds. The van der Waals surface area contributed by atoms with Crippen molar-refractivity contribution in [1.82, 2.24) is 5.32 Å². The largest absolute Gasteiger partial charge is 0.316 e. The molecule has 0 aliphatic heterocycles. The van der Waals surface area contributed by atoms with E-state index in [0.717, 1.165) is 12.5 Å². The van der Waals surface area contributed by atoms with Gasteiger partial charge < -0.3 is 5.32 Å². The number of hydrogen-bond donors (Lipinski definition) is 1. The molecule has 0 bridgehead atoms. The lowest BCUT2D eigenvalue weighted by Crippen LogP contribution is -2.37. The third-order valence-electron chi connectivity index (χ3n) is 5.19. The Hall–Kier alpha value is -0.0400. The van der Waals surface area contributed by atoms with Gasteiger partial charge in [0.1, 0.15) is 0 Å². The van der Waals surface area contributed by atoms with Gasteiger partial charge in [0.05, 0.1) is 0 Å². The summed E-state index contributed by atoms with van der Waals surface area (Å²) in [6.45, 7) is 9.29. The van der Waals surface area contributed by atoms with Crippen LogP contribution in [0.25, 0.3) is 0 Å². The lowest BCUT2D eigenvalue weighted by atomic mass is 9.67. The zero-order valence-corrected chi connectivity index (χ0v) is 13.8. The summed E-state index contributed by atoms with van der Waals surface area (Å²) < 4.78 is 0. The Morgan fingerprint density at radius 2 is 1.63 bits per heavy atom. The van der Waals surface area contributed by atoms with Gasteiger partial charge in [-0.1, -0.05) is 59.3 Å². The number of unbranched alkanes of at least 4 members (excludes halogenated alkanes) is 3. The zero-order valence-electron chi connectivity index (χ0n) is 13.8. The first-order valence-corrected chi connectivity index (χ1v) is 8.97. The summed E-state index contributed by atoms with van der Waals surface area (Å²) in [5, 5.41) is 3.64. The molecule has 114 valence electrons. The topological polar surface area (TPSA) is 12.0 Å². The average molecular weight is 268 g/mol. The Morgan fingerprint density at radius 1 is 0.947 bits per heavy atom. The van der Waals surface area contributed by atoms with E-state index < -0.39 is 0 Å². The smallest absolute Gasteiger partial charge is 0.000769 e. The second-order valence-electron chi connectivity index (χ2n) is 6.82. The molecule has 0 aromatic rings. The quantitative estimate of drug-likeness (QED) is 0.512. The molecule has 0 atom stereocenters. The van der Waals surface area contributed by atoms with Crippen LogP contribution in [0.1, 0.15) is 91.4 Å². The third-order valence-corrected chi connectivity index (χ3v) is 5.19. The van der Waals surface area contributed by atoms with Gasteiger partial charge in [-0.05, 0) is 50.0 Å². The van der Waals surface area contributed by atoms with Crippen LogP contribution in [-0.2, 0) is 0 Å². The number of rotatable bonds is 10. The molecule has 0 heterocycles. The maximum absolute atomic E-state index is 3.64. The van der Waals surface area contributed by atoms with Crippen molar-refractivity contribution < 1.29 is 0 Å². The molecule has 1 fully saturated rings. The second kappa shape index (κ2) is 9.80. The van der Waals surface area contributed by atoms with E-state index in [1.807, 2.05) is 0 Å². The van der Waals surface area contributed by atoms with Gasteiger partial charge in [-0.25, -0.2) is 0 Å². The molecule has 1 rings (SSSR count). The molecule has 0 radical (unpaired) electrons. The molecular weight excluding hydrogens is 230 g/mol. The molecule has 1 N–H and O–H groups in total. The first-order chi connectivity index (χ1) is 9.26. The van der Waals surface area contributed by atoms with E-state index in [0.29, 0.717) is 5.41 Å². The van der Waals surface area contributed by atoms with Crippen molar-refractivity contribution in [3.05, 3.63) is 0 Å². The second-order valence-corrected chi connectivity index (χ2v) is 6.82. The Morgan fingerprint density at radius 3 is 2.21 bits per heavy atom. The van der Waals surface area contributed by atoms with E-state index in [2.05, 4.69) is 26.1 Å². The van der Waals surface area contributed by atoms with Crippen molar-refractivity contribution in [2.45, 2.75) is 91.4 Å². The van der Waals surface area contributed by atoms with Gasteiger partial charge in [-0.2, -0.15) is 0 Å². The highest BCUT2D eigenvalue weighted by atomic mass is 14.9. The fraction of sp³-hybridized carbons (Fsp3) is 1.00. The van der Waals surface area contributed by atoms with Crippen LogP contribution in [0.4, 0.5) is 0 Å². The molecule has 0 aromatic carbocycles. The van der Waals surface area contributed by atoms with Crippen LogP contribution in [0.3, 0.4) is 0 Å².